The molecule has 1 unspecified atom stereocenters. The molecule has 0 aromatic heterocycles. The molecule has 2 rings (SSSR count). The molecule has 0 aliphatic carbocycles. The normalized spacial score (nSPS) is 19.5. The van der Waals surface area contributed by atoms with Gasteiger partial charge in [-0.3, -0.25) is 0 Å². The van der Waals surface area contributed by atoms with Crippen molar-refractivity contribution in [2.24, 2.45) is 0 Å². The van der Waals surface area contributed by atoms with E-state index in [2.05, 4.69) is 36.2 Å². The summed E-state index contributed by atoms with van der Waals surface area (Å²) in [5, 5.41) is 4.63. The van der Waals surface area contributed by atoms with E-state index in [1.54, 1.807) is 0 Å². The van der Waals surface area contributed by atoms with E-state index < -0.39 is 0 Å². The van der Waals surface area contributed by atoms with Crippen molar-refractivity contribution in [1.29, 1.82) is 0 Å². The Morgan fingerprint density at radius 3 is 2.37 bits per heavy atom. The standard InChI is InChI=1S/C16H25ClN2/c1-3-16(13-5-7-14(17)8-6-13)18-15-9-11-19(4-2)12-10-15/h5-8,15-16,18H,3-4,9-12H2,1-2H3. The van der Waals surface area contributed by atoms with E-state index >= 15 is 0 Å². The van der Waals surface area contributed by atoms with Crippen LogP contribution in [0.15, 0.2) is 24.3 Å². The van der Waals surface area contributed by atoms with Gasteiger partial charge in [0.15, 0.2) is 0 Å². The van der Waals surface area contributed by atoms with Crippen LogP contribution in [0.2, 0.25) is 5.02 Å². The largest absolute Gasteiger partial charge is 0.307 e. The van der Waals surface area contributed by atoms with Gasteiger partial charge in [-0.15, -0.1) is 0 Å². The third kappa shape index (κ3) is 4.20. The van der Waals surface area contributed by atoms with Crippen LogP contribution in [-0.2, 0) is 0 Å². The molecule has 0 radical (unpaired) electrons. The van der Waals surface area contributed by atoms with Gasteiger partial charge in [0, 0.05) is 17.1 Å². The van der Waals surface area contributed by atoms with Crippen LogP contribution in [0, 0.1) is 0 Å². The molecule has 1 aliphatic rings. The number of rotatable bonds is 5. The lowest BCUT2D eigenvalue weighted by Gasteiger charge is -2.34. The van der Waals surface area contributed by atoms with Gasteiger partial charge in [0.1, 0.15) is 0 Å². The number of halogens is 1. The molecule has 1 aliphatic heterocycles. The second kappa shape index (κ2) is 7.28. The highest BCUT2D eigenvalue weighted by Crippen LogP contribution is 2.22. The van der Waals surface area contributed by atoms with Gasteiger partial charge in [-0.05, 0) is 56.6 Å². The molecular weight excluding hydrogens is 256 g/mol. The number of hydrogen-bond acceptors (Lipinski definition) is 2. The van der Waals surface area contributed by atoms with Crippen molar-refractivity contribution < 1.29 is 0 Å². The third-order valence-corrected chi connectivity index (χ3v) is 4.40. The van der Waals surface area contributed by atoms with Crippen LogP contribution in [-0.4, -0.2) is 30.6 Å². The first kappa shape index (κ1) is 14.8. The summed E-state index contributed by atoms with van der Waals surface area (Å²) >= 11 is 5.96. The zero-order chi connectivity index (χ0) is 13.7. The van der Waals surface area contributed by atoms with Crippen LogP contribution in [0.25, 0.3) is 0 Å². The van der Waals surface area contributed by atoms with Crippen LogP contribution in [0.1, 0.15) is 44.7 Å². The number of nitrogens with one attached hydrogen (secondary N) is 1. The Balaban J connectivity index is 1.91. The summed E-state index contributed by atoms with van der Waals surface area (Å²) in [6.45, 7) is 8.13. The minimum absolute atomic E-state index is 0.454. The molecular formula is C16H25ClN2. The van der Waals surface area contributed by atoms with E-state index in [-0.39, 0.29) is 0 Å². The van der Waals surface area contributed by atoms with Gasteiger partial charge in [-0.25, -0.2) is 0 Å². The van der Waals surface area contributed by atoms with Crippen molar-refractivity contribution in [3.63, 3.8) is 0 Å². The molecule has 1 N–H and O–H groups in total. The fourth-order valence-electron chi connectivity index (χ4n) is 2.85. The van der Waals surface area contributed by atoms with Crippen molar-refractivity contribution in [2.45, 2.75) is 45.2 Å². The molecule has 0 bridgehead atoms. The average molecular weight is 281 g/mol. The van der Waals surface area contributed by atoms with Gasteiger partial charge in [-0.1, -0.05) is 37.6 Å². The van der Waals surface area contributed by atoms with E-state index in [1.807, 2.05) is 12.1 Å². The molecule has 0 amide bonds. The van der Waals surface area contributed by atoms with Gasteiger partial charge >= 0.3 is 0 Å². The Labute approximate surface area is 122 Å². The van der Waals surface area contributed by atoms with Gasteiger partial charge < -0.3 is 10.2 Å². The first-order valence-corrected chi connectivity index (χ1v) is 7.84. The maximum absolute atomic E-state index is 5.96. The van der Waals surface area contributed by atoms with E-state index in [1.165, 1.54) is 38.0 Å². The Bertz CT molecular complexity index is 369. The second-order valence-corrected chi connectivity index (χ2v) is 5.82. The molecule has 1 fully saturated rings. The third-order valence-electron chi connectivity index (χ3n) is 4.15. The van der Waals surface area contributed by atoms with E-state index in [9.17, 15) is 0 Å². The molecule has 1 aromatic rings. The van der Waals surface area contributed by atoms with Gasteiger partial charge in [0.05, 0.1) is 0 Å². The lowest BCUT2D eigenvalue weighted by Crippen LogP contribution is -2.43. The SMILES string of the molecule is CCC(NC1CCN(CC)CC1)c1ccc(Cl)cc1. The van der Waals surface area contributed by atoms with Crippen LogP contribution < -0.4 is 5.32 Å². The molecule has 19 heavy (non-hydrogen) atoms. The van der Waals surface area contributed by atoms with E-state index in [0.29, 0.717) is 12.1 Å². The second-order valence-electron chi connectivity index (χ2n) is 5.39. The number of piperidine rings is 1. The molecule has 1 heterocycles. The fraction of sp³-hybridized carbons (Fsp3) is 0.625. The summed E-state index contributed by atoms with van der Waals surface area (Å²) in [7, 11) is 0. The molecule has 0 saturated carbocycles. The van der Waals surface area contributed by atoms with Gasteiger partial charge in [0.25, 0.3) is 0 Å². The Kier molecular flexibility index (Phi) is 5.68. The Hall–Kier alpha value is -0.570. The lowest BCUT2D eigenvalue weighted by atomic mass is 9.99. The first-order valence-electron chi connectivity index (χ1n) is 7.46. The van der Waals surface area contributed by atoms with Crippen molar-refractivity contribution in [2.75, 3.05) is 19.6 Å². The van der Waals surface area contributed by atoms with E-state index in [4.69, 9.17) is 11.6 Å². The molecule has 3 heteroatoms. The maximum Gasteiger partial charge on any atom is 0.0406 e. The summed E-state index contributed by atoms with van der Waals surface area (Å²) in [5.74, 6) is 0. The summed E-state index contributed by atoms with van der Waals surface area (Å²) in [6, 6.07) is 9.37. The summed E-state index contributed by atoms with van der Waals surface area (Å²) in [4.78, 5) is 2.53. The number of hydrogen-bond donors (Lipinski definition) is 1. The van der Waals surface area contributed by atoms with Crippen molar-refractivity contribution in [3.8, 4) is 0 Å². The molecule has 2 nitrogen and oxygen atoms in total. The monoisotopic (exact) mass is 280 g/mol. The fourth-order valence-corrected chi connectivity index (χ4v) is 2.97. The van der Waals surface area contributed by atoms with Crippen LogP contribution in [0.5, 0.6) is 0 Å². The van der Waals surface area contributed by atoms with Crippen LogP contribution in [0.3, 0.4) is 0 Å². The summed E-state index contributed by atoms with van der Waals surface area (Å²) in [6.07, 6.45) is 3.64. The molecule has 1 saturated heterocycles. The Morgan fingerprint density at radius 1 is 1.21 bits per heavy atom. The predicted octanol–water partition coefficient (Wildman–Crippen LogP) is 3.87. The predicted molar refractivity (Wildman–Crippen MR) is 82.8 cm³/mol. The average Bonchev–Trinajstić information content (AvgIpc) is 2.46. The quantitative estimate of drug-likeness (QED) is 0.881. The highest BCUT2D eigenvalue weighted by atomic mass is 35.5. The first-order chi connectivity index (χ1) is 9.22. The number of benzene rings is 1. The lowest BCUT2D eigenvalue weighted by molar-refractivity contribution is 0.198. The zero-order valence-electron chi connectivity index (χ0n) is 12.0. The summed E-state index contributed by atoms with van der Waals surface area (Å²) in [5.41, 5.74) is 1.35. The maximum atomic E-state index is 5.96. The smallest absolute Gasteiger partial charge is 0.0406 e. The molecule has 106 valence electrons. The zero-order valence-corrected chi connectivity index (χ0v) is 12.8. The molecule has 1 aromatic carbocycles. The van der Waals surface area contributed by atoms with E-state index in [0.717, 1.165) is 11.4 Å². The molecule has 1 atom stereocenters. The minimum Gasteiger partial charge on any atom is -0.307 e. The summed E-state index contributed by atoms with van der Waals surface area (Å²) < 4.78 is 0. The van der Waals surface area contributed by atoms with Crippen LogP contribution in [0.4, 0.5) is 0 Å². The van der Waals surface area contributed by atoms with Gasteiger partial charge in [0.2, 0.25) is 0 Å². The minimum atomic E-state index is 0.454. The number of likely N-dealkylation sites (tertiary alicyclic amines) is 1. The molecule has 0 spiro atoms. The van der Waals surface area contributed by atoms with Gasteiger partial charge in [-0.2, -0.15) is 0 Å². The number of nitrogens with zero attached hydrogens (tertiary/aromatic N) is 1. The topological polar surface area (TPSA) is 15.3 Å². The Morgan fingerprint density at radius 2 is 1.84 bits per heavy atom. The van der Waals surface area contributed by atoms with Crippen molar-refractivity contribution in [1.82, 2.24) is 10.2 Å². The van der Waals surface area contributed by atoms with Crippen molar-refractivity contribution >= 4 is 11.6 Å². The van der Waals surface area contributed by atoms with Crippen LogP contribution >= 0.6 is 11.6 Å². The highest BCUT2D eigenvalue weighted by molar-refractivity contribution is 6.30. The van der Waals surface area contributed by atoms with Crippen molar-refractivity contribution in [3.05, 3.63) is 34.9 Å². The highest BCUT2D eigenvalue weighted by Gasteiger charge is 2.20.